The van der Waals surface area contributed by atoms with Crippen molar-refractivity contribution in [2.45, 2.75) is 26.4 Å². The Bertz CT molecular complexity index is 695. The highest BCUT2D eigenvalue weighted by Crippen LogP contribution is 2.11. The van der Waals surface area contributed by atoms with Gasteiger partial charge in [-0.1, -0.05) is 0 Å². The smallest absolute Gasteiger partial charge is 0.331 e. The maximum atomic E-state index is 11.8. The van der Waals surface area contributed by atoms with E-state index in [-0.39, 0.29) is 5.91 Å². The second-order valence-corrected chi connectivity index (χ2v) is 5.81. The highest BCUT2D eigenvalue weighted by Gasteiger charge is 2.13. The van der Waals surface area contributed by atoms with Gasteiger partial charge in [-0.05, 0) is 50.6 Å². The van der Waals surface area contributed by atoms with Crippen LogP contribution in [0.3, 0.4) is 0 Å². The number of amides is 1. The molecule has 0 saturated heterocycles. The first-order valence-corrected chi connectivity index (χ1v) is 7.04. The molecule has 0 saturated carbocycles. The van der Waals surface area contributed by atoms with Crippen molar-refractivity contribution in [3.05, 3.63) is 54.1 Å². The number of hydrogen-bond acceptors (Lipinski definition) is 5. The number of furan rings is 1. The van der Waals surface area contributed by atoms with E-state index in [1.807, 2.05) is 0 Å². The third-order valence-electron chi connectivity index (χ3n) is 2.63. The Hall–Kier alpha value is -2.89. The molecule has 0 spiro atoms. The van der Waals surface area contributed by atoms with E-state index in [0.717, 1.165) is 5.56 Å². The molecule has 6 nitrogen and oxygen atoms in total. The van der Waals surface area contributed by atoms with Crippen LogP contribution in [0.25, 0.3) is 6.08 Å². The molecule has 0 radical (unpaired) electrons. The second kappa shape index (κ2) is 6.91. The molecule has 120 valence electrons. The fourth-order valence-electron chi connectivity index (χ4n) is 1.66. The number of anilines is 1. The largest absolute Gasteiger partial charge is 0.472 e. The monoisotopic (exact) mass is 314 g/mol. The predicted molar refractivity (Wildman–Crippen MR) is 85.8 cm³/mol. The highest BCUT2D eigenvalue weighted by atomic mass is 16.6. The molecule has 0 aliphatic heterocycles. The van der Waals surface area contributed by atoms with Crippen LogP contribution >= 0.6 is 0 Å². The lowest BCUT2D eigenvalue weighted by Crippen LogP contribution is -2.22. The quantitative estimate of drug-likeness (QED) is 0.692. The van der Waals surface area contributed by atoms with E-state index in [0.29, 0.717) is 11.4 Å². The zero-order valence-electron chi connectivity index (χ0n) is 13.2. The summed E-state index contributed by atoms with van der Waals surface area (Å²) in [4.78, 5) is 27.5. The van der Waals surface area contributed by atoms with Gasteiger partial charge >= 0.3 is 5.97 Å². The summed E-state index contributed by atoms with van der Waals surface area (Å²) in [6, 6.07) is 4.94. The molecule has 2 aromatic rings. The number of rotatable bonds is 4. The van der Waals surface area contributed by atoms with Crippen LogP contribution in [0.1, 0.15) is 36.7 Å². The average molecular weight is 314 g/mol. The molecule has 2 heterocycles. The van der Waals surface area contributed by atoms with Crippen LogP contribution in [0.15, 0.2) is 47.4 Å². The van der Waals surface area contributed by atoms with E-state index in [4.69, 9.17) is 9.15 Å². The van der Waals surface area contributed by atoms with E-state index in [9.17, 15) is 9.59 Å². The number of pyridine rings is 1. The highest BCUT2D eigenvalue weighted by molar-refractivity contribution is 6.03. The molecule has 0 atom stereocenters. The summed E-state index contributed by atoms with van der Waals surface area (Å²) < 4.78 is 10.0. The molecule has 2 aromatic heterocycles. The van der Waals surface area contributed by atoms with Crippen LogP contribution < -0.4 is 5.32 Å². The Balaban J connectivity index is 1.94. The van der Waals surface area contributed by atoms with Crippen LogP contribution in [-0.2, 0) is 9.53 Å². The minimum Gasteiger partial charge on any atom is -0.472 e. The van der Waals surface area contributed by atoms with Gasteiger partial charge in [-0.2, -0.15) is 0 Å². The molecule has 23 heavy (non-hydrogen) atoms. The lowest BCUT2D eigenvalue weighted by atomic mass is 10.2. The summed E-state index contributed by atoms with van der Waals surface area (Å²) in [5, 5.41) is 2.64. The number of hydrogen-bond donors (Lipinski definition) is 1. The van der Waals surface area contributed by atoms with Crippen molar-refractivity contribution in [1.29, 1.82) is 0 Å². The van der Waals surface area contributed by atoms with Gasteiger partial charge in [-0.15, -0.1) is 0 Å². The molecular weight excluding hydrogens is 296 g/mol. The molecule has 1 N–H and O–H groups in total. The Morgan fingerprint density at radius 1 is 1.26 bits per heavy atom. The number of aromatic nitrogens is 1. The van der Waals surface area contributed by atoms with Crippen molar-refractivity contribution >= 4 is 23.8 Å². The molecule has 0 aliphatic carbocycles. The van der Waals surface area contributed by atoms with E-state index < -0.39 is 11.6 Å². The third kappa shape index (κ3) is 5.43. The van der Waals surface area contributed by atoms with Crippen molar-refractivity contribution in [2.75, 3.05) is 5.32 Å². The van der Waals surface area contributed by atoms with Crippen LogP contribution in [0.4, 0.5) is 5.82 Å². The van der Waals surface area contributed by atoms with Crippen molar-refractivity contribution < 1.29 is 18.7 Å². The molecule has 1 amide bonds. The van der Waals surface area contributed by atoms with Crippen LogP contribution in [0.5, 0.6) is 0 Å². The molecule has 0 fully saturated rings. The summed E-state index contributed by atoms with van der Waals surface area (Å²) in [6.07, 6.45) is 7.26. The standard InChI is InChI=1S/C17H18N2O4/c1-17(2,3)23-15(20)7-5-12-4-6-14(18-10-12)19-16(21)13-8-9-22-11-13/h4-11H,1-3H3,(H,18,19,21)/b7-5+. The summed E-state index contributed by atoms with van der Waals surface area (Å²) in [6.45, 7) is 5.41. The summed E-state index contributed by atoms with van der Waals surface area (Å²) in [5.74, 6) is -0.316. The van der Waals surface area contributed by atoms with E-state index >= 15 is 0 Å². The second-order valence-electron chi connectivity index (χ2n) is 5.81. The molecule has 2 rings (SSSR count). The first kappa shape index (κ1) is 16.5. The molecule has 0 unspecified atom stereocenters. The fourth-order valence-corrected chi connectivity index (χ4v) is 1.66. The Morgan fingerprint density at radius 2 is 2.04 bits per heavy atom. The van der Waals surface area contributed by atoms with Gasteiger partial charge < -0.3 is 14.5 Å². The molecule has 0 aliphatic rings. The summed E-state index contributed by atoms with van der Waals surface area (Å²) in [5.41, 5.74) is 0.610. The topological polar surface area (TPSA) is 81.4 Å². The Labute approximate surface area is 134 Å². The van der Waals surface area contributed by atoms with E-state index in [2.05, 4.69) is 10.3 Å². The van der Waals surface area contributed by atoms with Gasteiger partial charge in [0.15, 0.2) is 0 Å². The van der Waals surface area contributed by atoms with Gasteiger partial charge in [0.1, 0.15) is 17.7 Å². The van der Waals surface area contributed by atoms with Gasteiger partial charge in [-0.25, -0.2) is 9.78 Å². The van der Waals surface area contributed by atoms with Gasteiger partial charge in [-0.3, -0.25) is 4.79 Å². The number of ether oxygens (including phenoxy) is 1. The predicted octanol–water partition coefficient (Wildman–Crippen LogP) is 3.28. The number of nitrogens with zero attached hydrogens (tertiary/aromatic N) is 1. The van der Waals surface area contributed by atoms with Crippen LogP contribution in [0.2, 0.25) is 0 Å². The first-order valence-electron chi connectivity index (χ1n) is 7.04. The average Bonchev–Trinajstić information content (AvgIpc) is 2.99. The maximum Gasteiger partial charge on any atom is 0.331 e. The van der Waals surface area contributed by atoms with Gasteiger partial charge in [0.05, 0.1) is 11.8 Å². The SMILES string of the molecule is CC(C)(C)OC(=O)/C=C/c1ccc(NC(=O)c2ccoc2)nc1. The van der Waals surface area contributed by atoms with Crippen molar-refractivity contribution in [2.24, 2.45) is 0 Å². The Morgan fingerprint density at radius 3 is 2.61 bits per heavy atom. The number of esters is 1. The fraction of sp³-hybridized carbons (Fsp3) is 0.235. The normalized spacial score (nSPS) is 11.4. The number of nitrogens with one attached hydrogen (secondary N) is 1. The van der Waals surface area contributed by atoms with Crippen molar-refractivity contribution in [1.82, 2.24) is 4.98 Å². The van der Waals surface area contributed by atoms with Gasteiger partial charge in [0, 0.05) is 12.3 Å². The number of carbonyl (C=O) groups is 2. The zero-order chi connectivity index (χ0) is 16.9. The van der Waals surface area contributed by atoms with Crippen molar-refractivity contribution in [3.63, 3.8) is 0 Å². The third-order valence-corrected chi connectivity index (χ3v) is 2.63. The summed E-state index contributed by atoms with van der Waals surface area (Å²) >= 11 is 0. The minimum absolute atomic E-state index is 0.303. The lowest BCUT2D eigenvalue weighted by molar-refractivity contribution is -0.148. The molecular formula is C17H18N2O4. The van der Waals surface area contributed by atoms with E-state index in [1.54, 1.807) is 51.2 Å². The zero-order valence-corrected chi connectivity index (χ0v) is 13.2. The van der Waals surface area contributed by atoms with E-state index in [1.165, 1.54) is 18.6 Å². The lowest BCUT2D eigenvalue weighted by Gasteiger charge is -2.17. The Kier molecular flexibility index (Phi) is 4.95. The van der Waals surface area contributed by atoms with Crippen LogP contribution in [-0.4, -0.2) is 22.5 Å². The van der Waals surface area contributed by atoms with Gasteiger partial charge in [0.25, 0.3) is 5.91 Å². The number of carbonyl (C=O) groups excluding carboxylic acids is 2. The maximum absolute atomic E-state index is 11.8. The molecule has 0 bridgehead atoms. The summed E-state index contributed by atoms with van der Waals surface area (Å²) in [7, 11) is 0. The first-order chi connectivity index (χ1) is 10.8. The van der Waals surface area contributed by atoms with Gasteiger partial charge in [0.2, 0.25) is 0 Å². The molecule has 6 heteroatoms. The minimum atomic E-state index is -0.527. The van der Waals surface area contributed by atoms with Crippen LogP contribution in [0, 0.1) is 0 Å². The van der Waals surface area contributed by atoms with Crippen molar-refractivity contribution in [3.8, 4) is 0 Å². The molecule has 0 aromatic carbocycles.